The van der Waals surface area contributed by atoms with Crippen molar-refractivity contribution in [2.75, 3.05) is 6.61 Å². The molecule has 0 aliphatic rings. The zero-order valence-electron chi connectivity index (χ0n) is 17.4. The average Bonchev–Trinajstić information content (AvgIpc) is 3.10. The average molecular weight is 421 g/mol. The van der Waals surface area contributed by atoms with Gasteiger partial charge in [-0.15, -0.1) is 0 Å². The molecule has 0 saturated carbocycles. The molecule has 4 aromatic rings. The zero-order valence-corrected chi connectivity index (χ0v) is 18.2. The van der Waals surface area contributed by atoms with E-state index in [1.165, 1.54) is 5.56 Å². The van der Waals surface area contributed by atoms with Crippen LogP contribution in [0.2, 0.25) is 5.02 Å². The van der Waals surface area contributed by atoms with E-state index in [1.54, 1.807) is 0 Å². The molecule has 1 unspecified atom stereocenters. The van der Waals surface area contributed by atoms with Gasteiger partial charge in [0.25, 0.3) is 0 Å². The van der Waals surface area contributed by atoms with Crippen molar-refractivity contribution in [2.24, 2.45) is 0 Å². The number of aryl methyl sites for hydroxylation is 2. The Bertz CT molecular complexity index is 1170. The lowest BCUT2D eigenvalue weighted by Gasteiger charge is -2.17. The highest BCUT2D eigenvalue weighted by molar-refractivity contribution is 6.31. The summed E-state index contributed by atoms with van der Waals surface area (Å²) in [5, 5.41) is 0.732. The molecule has 0 amide bonds. The number of hydrogen-bond donors (Lipinski definition) is 0. The fraction of sp³-hybridized carbons (Fsp3) is 0.240. The summed E-state index contributed by atoms with van der Waals surface area (Å²) < 4.78 is 14.4. The van der Waals surface area contributed by atoms with Crippen LogP contribution in [0.3, 0.4) is 0 Å². The Labute approximate surface area is 182 Å². The van der Waals surface area contributed by atoms with Crippen molar-refractivity contribution in [1.29, 1.82) is 0 Å². The lowest BCUT2D eigenvalue weighted by molar-refractivity contribution is 0.207. The highest BCUT2D eigenvalue weighted by Crippen LogP contribution is 2.28. The number of rotatable bonds is 7. The second-order valence-electron chi connectivity index (χ2n) is 7.45. The Morgan fingerprint density at radius 3 is 2.60 bits per heavy atom. The van der Waals surface area contributed by atoms with E-state index in [2.05, 4.69) is 23.6 Å². The van der Waals surface area contributed by atoms with Crippen molar-refractivity contribution < 1.29 is 9.47 Å². The molecule has 4 nitrogen and oxygen atoms in total. The van der Waals surface area contributed by atoms with Crippen LogP contribution in [0.25, 0.3) is 11.0 Å². The maximum atomic E-state index is 6.20. The van der Waals surface area contributed by atoms with Gasteiger partial charge in [-0.1, -0.05) is 35.9 Å². The van der Waals surface area contributed by atoms with Gasteiger partial charge in [-0.05, 0) is 74.4 Å². The predicted molar refractivity (Wildman–Crippen MR) is 122 cm³/mol. The third kappa shape index (κ3) is 4.44. The number of halogens is 1. The minimum atomic E-state index is -0.225. The van der Waals surface area contributed by atoms with Gasteiger partial charge in [0.1, 0.15) is 18.1 Å². The van der Waals surface area contributed by atoms with Crippen molar-refractivity contribution in [2.45, 2.75) is 33.4 Å². The molecular formula is C25H25ClN2O2. The third-order valence-electron chi connectivity index (χ3n) is 5.06. The van der Waals surface area contributed by atoms with Gasteiger partial charge in [0, 0.05) is 5.02 Å². The maximum absolute atomic E-state index is 6.20. The van der Waals surface area contributed by atoms with E-state index >= 15 is 0 Å². The Hall–Kier alpha value is -2.98. The number of aromatic nitrogens is 2. The van der Waals surface area contributed by atoms with Crippen LogP contribution in [-0.2, 0) is 6.54 Å². The van der Waals surface area contributed by atoms with Gasteiger partial charge in [0.15, 0.2) is 11.9 Å². The van der Waals surface area contributed by atoms with Crippen LogP contribution < -0.4 is 9.47 Å². The normalized spacial score (nSPS) is 12.1. The van der Waals surface area contributed by atoms with E-state index < -0.39 is 0 Å². The topological polar surface area (TPSA) is 36.3 Å². The van der Waals surface area contributed by atoms with Crippen LogP contribution in [0.4, 0.5) is 0 Å². The highest BCUT2D eigenvalue weighted by Gasteiger charge is 2.18. The third-order valence-corrected chi connectivity index (χ3v) is 5.49. The molecule has 1 aromatic heterocycles. The fourth-order valence-corrected chi connectivity index (χ4v) is 3.66. The first-order chi connectivity index (χ1) is 14.5. The minimum absolute atomic E-state index is 0.225. The summed E-state index contributed by atoms with van der Waals surface area (Å²) in [5.74, 6) is 2.53. The van der Waals surface area contributed by atoms with Crippen molar-refractivity contribution in [1.82, 2.24) is 9.55 Å². The van der Waals surface area contributed by atoms with E-state index in [0.29, 0.717) is 13.2 Å². The molecule has 1 heterocycles. The lowest BCUT2D eigenvalue weighted by atomic mass is 10.2. The lowest BCUT2D eigenvalue weighted by Crippen LogP contribution is -2.15. The van der Waals surface area contributed by atoms with Crippen LogP contribution in [0.5, 0.6) is 11.5 Å². The standard InChI is InChI=1S/C25H25ClN2O2/c1-17-7-6-8-20(15-17)29-14-13-28-24-10-5-4-9-23(24)27-25(28)19(3)30-21-11-12-22(26)18(2)16-21/h4-12,15-16,19H,13-14H2,1-3H3. The van der Waals surface area contributed by atoms with Gasteiger partial charge in [-0.2, -0.15) is 0 Å². The summed E-state index contributed by atoms with van der Waals surface area (Å²) in [6.07, 6.45) is -0.225. The van der Waals surface area contributed by atoms with E-state index in [4.69, 9.17) is 26.1 Å². The zero-order chi connectivity index (χ0) is 21.1. The molecule has 0 bridgehead atoms. The molecule has 0 saturated heterocycles. The van der Waals surface area contributed by atoms with Crippen LogP contribution in [0.15, 0.2) is 66.7 Å². The fourth-order valence-electron chi connectivity index (χ4n) is 3.55. The van der Waals surface area contributed by atoms with Crippen LogP contribution in [0.1, 0.15) is 30.0 Å². The molecule has 0 aliphatic heterocycles. The summed E-state index contributed by atoms with van der Waals surface area (Å²) in [7, 11) is 0. The predicted octanol–water partition coefficient (Wildman–Crippen LogP) is 6.53. The van der Waals surface area contributed by atoms with Gasteiger partial charge in [-0.25, -0.2) is 4.98 Å². The molecule has 3 aromatic carbocycles. The first kappa shape index (κ1) is 20.3. The number of hydrogen-bond acceptors (Lipinski definition) is 3. The number of nitrogens with zero attached hydrogens (tertiary/aromatic N) is 2. The second kappa shape index (κ2) is 8.80. The van der Waals surface area contributed by atoms with Gasteiger partial charge in [-0.3, -0.25) is 0 Å². The Kier molecular flexibility index (Phi) is 5.96. The number of benzene rings is 3. The van der Waals surface area contributed by atoms with Crippen molar-refractivity contribution in [3.8, 4) is 11.5 Å². The Morgan fingerprint density at radius 1 is 0.967 bits per heavy atom. The molecule has 4 rings (SSSR count). The molecule has 5 heteroatoms. The smallest absolute Gasteiger partial charge is 0.153 e. The Balaban J connectivity index is 1.56. The molecular weight excluding hydrogens is 396 g/mol. The van der Waals surface area contributed by atoms with Gasteiger partial charge >= 0.3 is 0 Å². The van der Waals surface area contributed by atoms with E-state index in [1.807, 2.05) is 68.4 Å². The summed E-state index contributed by atoms with van der Waals surface area (Å²) in [4.78, 5) is 4.84. The van der Waals surface area contributed by atoms with Crippen molar-refractivity contribution in [3.05, 3.63) is 88.7 Å². The Morgan fingerprint density at radius 2 is 1.80 bits per heavy atom. The largest absolute Gasteiger partial charge is 0.492 e. The van der Waals surface area contributed by atoms with E-state index in [-0.39, 0.29) is 6.10 Å². The summed E-state index contributed by atoms with van der Waals surface area (Å²) >= 11 is 6.14. The first-order valence-corrected chi connectivity index (χ1v) is 10.5. The van der Waals surface area contributed by atoms with Gasteiger partial charge in [0.05, 0.1) is 17.6 Å². The van der Waals surface area contributed by atoms with Crippen molar-refractivity contribution >= 4 is 22.6 Å². The van der Waals surface area contributed by atoms with Gasteiger partial charge < -0.3 is 14.0 Å². The van der Waals surface area contributed by atoms with Crippen LogP contribution in [-0.4, -0.2) is 16.2 Å². The van der Waals surface area contributed by atoms with E-state index in [9.17, 15) is 0 Å². The summed E-state index contributed by atoms with van der Waals surface area (Å²) in [6, 6.07) is 21.9. The van der Waals surface area contributed by atoms with Crippen LogP contribution >= 0.6 is 11.6 Å². The number of ether oxygens (including phenoxy) is 2. The number of imidazole rings is 1. The summed E-state index contributed by atoms with van der Waals surface area (Å²) in [5.41, 5.74) is 4.19. The monoisotopic (exact) mass is 420 g/mol. The van der Waals surface area contributed by atoms with Crippen LogP contribution in [0, 0.1) is 13.8 Å². The second-order valence-corrected chi connectivity index (χ2v) is 7.85. The van der Waals surface area contributed by atoms with Crippen molar-refractivity contribution in [3.63, 3.8) is 0 Å². The first-order valence-electron chi connectivity index (χ1n) is 10.1. The number of fused-ring (bicyclic) bond motifs is 1. The molecule has 154 valence electrons. The molecule has 0 spiro atoms. The molecule has 0 N–H and O–H groups in total. The maximum Gasteiger partial charge on any atom is 0.153 e. The minimum Gasteiger partial charge on any atom is -0.492 e. The highest BCUT2D eigenvalue weighted by atomic mass is 35.5. The van der Waals surface area contributed by atoms with Gasteiger partial charge in [0.2, 0.25) is 0 Å². The molecule has 30 heavy (non-hydrogen) atoms. The molecule has 0 aliphatic carbocycles. The summed E-state index contributed by atoms with van der Waals surface area (Å²) in [6.45, 7) is 7.27. The molecule has 0 fully saturated rings. The molecule has 0 radical (unpaired) electrons. The molecule has 1 atom stereocenters. The quantitative estimate of drug-likeness (QED) is 0.341. The number of para-hydroxylation sites is 2. The van der Waals surface area contributed by atoms with E-state index in [0.717, 1.165) is 38.9 Å². The SMILES string of the molecule is Cc1cccc(OCCn2c(C(C)Oc3ccc(Cl)c(C)c3)nc3ccccc32)c1.